The van der Waals surface area contributed by atoms with Gasteiger partial charge in [0.25, 0.3) is 5.69 Å². The third-order valence-electron chi connectivity index (χ3n) is 2.87. The van der Waals surface area contributed by atoms with Crippen molar-refractivity contribution in [3.05, 3.63) is 46.3 Å². The van der Waals surface area contributed by atoms with Crippen molar-refractivity contribution in [2.24, 2.45) is 7.05 Å². The zero-order chi connectivity index (χ0) is 15.6. The van der Waals surface area contributed by atoms with Gasteiger partial charge < -0.3 is 5.73 Å². The lowest BCUT2D eigenvalue weighted by Crippen LogP contribution is -2.24. The molecule has 0 unspecified atom stereocenters. The van der Waals surface area contributed by atoms with E-state index in [1.165, 1.54) is 4.68 Å². The molecule has 1 aromatic carbocycles. The van der Waals surface area contributed by atoms with Crippen LogP contribution in [0.2, 0.25) is 0 Å². The minimum absolute atomic E-state index is 0.0513. The first-order valence-electron chi connectivity index (χ1n) is 5.82. The van der Waals surface area contributed by atoms with E-state index in [1.54, 1.807) is 19.3 Å². The fourth-order valence-corrected chi connectivity index (χ4v) is 2.73. The summed E-state index contributed by atoms with van der Waals surface area (Å²) in [6, 6.07) is 4.93. The number of benzene rings is 1. The molecule has 0 spiro atoms. The maximum absolute atomic E-state index is 12.1. The molecule has 3 N–H and O–H groups in total. The first-order chi connectivity index (χ1) is 9.81. The standard InChI is InChI=1S/C11H13N5O4S/c1-15-8(4-5-13-15)7-14-21(19,20)9-2-3-11(16(17)18)10(12)6-9/h2-6,14H,7,12H2,1H3. The molecule has 0 bridgehead atoms. The van der Waals surface area contributed by atoms with Gasteiger partial charge in [0.05, 0.1) is 22.1 Å². The molecule has 0 saturated carbocycles. The number of nitrogens with zero attached hydrogens (tertiary/aromatic N) is 3. The summed E-state index contributed by atoms with van der Waals surface area (Å²) in [6.07, 6.45) is 1.55. The van der Waals surface area contributed by atoms with E-state index in [4.69, 9.17) is 5.73 Å². The molecule has 10 heteroatoms. The van der Waals surface area contributed by atoms with Crippen molar-refractivity contribution in [1.82, 2.24) is 14.5 Å². The Hall–Kier alpha value is -2.46. The lowest BCUT2D eigenvalue weighted by Gasteiger charge is -2.08. The Balaban J connectivity index is 2.22. The molecule has 0 amide bonds. The Morgan fingerprint density at radius 1 is 1.43 bits per heavy atom. The summed E-state index contributed by atoms with van der Waals surface area (Å²) >= 11 is 0. The molecule has 0 atom stereocenters. The van der Waals surface area contributed by atoms with E-state index in [1.807, 2.05) is 0 Å². The van der Waals surface area contributed by atoms with Crippen molar-refractivity contribution in [2.75, 3.05) is 5.73 Å². The quantitative estimate of drug-likeness (QED) is 0.466. The summed E-state index contributed by atoms with van der Waals surface area (Å²) in [5.41, 5.74) is 5.62. The number of aromatic nitrogens is 2. The van der Waals surface area contributed by atoms with E-state index < -0.39 is 14.9 Å². The van der Waals surface area contributed by atoms with Crippen LogP contribution in [-0.2, 0) is 23.6 Å². The number of aryl methyl sites for hydroxylation is 1. The van der Waals surface area contributed by atoms with Gasteiger partial charge in [-0.2, -0.15) is 5.10 Å². The van der Waals surface area contributed by atoms with Crippen LogP contribution in [0.25, 0.3) is 0 Å². The van der Waals surface area contributed by atoms with Crippen LogP contribution < -0.4 is 10.5 Å². The van der Waals surface area contributed by atoms with Gasteiger partial charge in [0.15, 0.2) is 0 Å². The van der Waals surface area contributed by atoms with Crippen LogP contribution in [0.1, 0.15) is 5.69 Å². The Morgan fingerprint density at radius 2 is 2.14 bits per heavy atom. The first-order valence-corrected chi connectivity index (χ1v) is 7.30. The molecule has 2 aromatic rings. The minimum Gasteiger partial charge on any atom is -0.393 e. The highest BCUT2D eigenvalue weighted by atomic mass is 32.2. The van der Waals surface area contributed by atoms with Crippen molar-refractivity contribution < 1.29 is 13.3 Å². The Kier molecular flexibility index (Phi) is 3.91. The summed E-state index contributed by atoms with van der Waals surface area (Å²) in [5, 5.41) is 14.6. The summed E-state index contributed by atoms with van der Waals surface area (Å²) < 4.78 is 28.1. The highest BCUT2D eigenvalue weighted by Gasteiger charge is 2.19. The van der Waals surface area contributed by atoms with Gasteiger partial charge in [-0.15, -0.1) is 0 Å². The molecule has 1 aromatic heterocycles. The van der Waals surface area contributed by atoms with Crippen LogP contribution >= 0.6 is 0 Å². The fraction of sp³-hybridized carbons (Fsp3) is 0.182. The topological polar surface area (TPSA) is 133 Å². The molecule has 0 radical (unpaired) electrons. The van der Waals surface area contributed by atoms with E-state index in [0.29, 0.717) is 5.69 Å². The van der Waals surface area contributed by atoms with Crippen molar-refractivity contribution in [2.45, 2.75) is 11.4 Å². The van der Waals surface area contributed by atoms with Crippen LogP contribution in [0.4, 0.5) is 11.4 Å². The zero-order valence-corrected chi connectivity index (χ0v) is 11.9. The fourth-order valence-electron chi connectivity index (χ4n) is 1.69. The highest BCUT2D eigenvalue weighted by molar-refractivity contribution is 7.89. The summed E-state index contributed by atoms with van der Waals surface area (Å²) in [5.74, 6) is 0. The second-order valence-corrected chi connectivity index (χ2v) is 6.02. The van der Waals surface area contributed by atoms with Gasteiger partial charge in [-0.3, -0.25) is 14.8 Å². The van der Waals surface area contributed by atoms with Gasteiger partial charge in [0.1, 0.15) is 5.69 Å². The van der Waals surface area contributed by atoms with Gasteiger partial charge in [-0.05, 0) is 18.2 Å². The average Bonchev–Trinajstić information content (AvgIpc) is 2.81. The third-order valence-corrected chi connectivity index (χ3v) is 4.27. The molecule has 21 heavy (non-hydrogen) atoms. The molecule has 0 aliphatic heterocycles. The average molecular weight is 311 g/mol. The third kappa shape index (κ3) is 3.17. The second-order valence-electron chi connectivity index (χ2n) is 4.25. The van der Waals surface area contributed by atoms with Crippen LogP contribution in [-0.4, -0.2) is 23.1 Å². The van der Waals surface area contributed by atoms with E-state index in [2.05, 4.69) is 9.82 Å². The van der Waals surface area contributed by atoms with Crippen LogP contribution in [0, 0.1) is 10.1 Å². The van der Waals surface area contributed by atoms with Gasteiger partial charge in [-0.1, -0.05) is 0 Å². The first kappa shape index (κ1) is 14.9. The van der Waals surface area contributed by atoms with Crippen molar-refractivity contribution in [1.29, 1.82) is 0 Å². The Morgan fingerprint density at radius 3 is 2.67 bits per heavy atom. The smallest absolute Gasteiger partial charge is 0.292 e. The molecule has 9 nitrogen and oxygen atoms in total. The van der Waals surface area contributed by atoms with Crippen LogP contribution in [0.15, 0.2) is 35.4 Å². The number of hydrogen-bond donors (Lipinski definition) is 2. The molecule has 112 valence electrons. The van der Waals surface area contributed by atoms with Gasteiger partial charge >= 0.3 is 0 Å². The van der Waals surface area contributed by atoms with E-state index in [0.717, 1.165) is 18.2 Å². The van der Waals surface area contributed by atoms with E-state index >= 15 is 0 Å². The van der Waals surface area contributed by atoms with Crippen molar-refractivity contribution in [3.8, 4) is 0 Å². The predicted molar refractivity (Wildman–Crippen MR) is 74.7 cm³/mol. The van der Waals surface area contributed by atoms with Gasteiger partial charge in [0, 0.05) is 19.3 Å². The summed E-state index contributed by atoms with van der Waals surface area (Å²) in [7, 11) is -2.12. The number of nitrogen functional groups attached to an aromatic ring is 1. The highest BCUT2D eigenvalue weighted by Crippen LogP contribution is 2.24. The molecule has 0 aliphatic carbocycles. The zero-order valence-electron chi connectivity index (χ0n) is 11.1. The molecule has 0 saturated heterocycles. The van der Waals surface area contributed by atoms with Gasteiger partial charge in [0.2, 0.25) is 10.0 Å². The van der Waals surface area contributed by atoms with Gasteiger partial charge in [-0.25, -0.2) is 13.1 Å². The second kappa shape index (κ2) is 5.50. The number of anilines is 1. The number of nitro benzene ring substituents is 1. The monoisotopic (exact) mass is 311 g/mol. The number of nitrogens with two attached hydrogens (primary N) is 1. The molecule has 2 rings (SSSR count). The maximum Gasteiger partial charge on any atom is 0.292 e. The summed E-state index contributed by atoms with van der Waals surface area (Å²) in [6.45, 7) is 0.0513. The lowest BCUT2D eigenvalue weighted by molar-refractivity contribution is -0.383. The van der Waals surface area contributed by atoms with Crippen molar-refractivity contribution in [3.63, 3.8) is 0 Å². The molecular weight excluding hydrogens is 298 g/mol. The maximum atomic E-state index is 12.1. The van der Waals surface area contributed by atoms with Crippen LogP contribution in [0.5, 0.6) is 0 Å². The number of hydrogen-bond acceptors (Lipinski definition) is 6. The van der Waals surface area contributed by atoms with E-state index in [-0.39, 0.29) is 22.8 Å². The molecule has 0 aliphatic rings. The Bertz CT molecular complexity index is 784. The number of sulfonamides is 1. The SMILES string of the molecule is Cn1nccc1CNS(=O)(=O)c1ccc([N+](=O)[O-])c(N)c1. The van der Waals surface area contributed by atoms with Crippen LogP contribution in [0.3, 0.4) is 0 Å². The normalized spacial score (nSPS) is 11.5. The number of rotatable bonds is 5. The Labute approximate surface area is 120 Å². The van der Waals surface area contributed by atoms with E-state index in [9.17, 15) is 18.5 Å². The largest absolute Gasteiger partial charge is 0.393 e. The number of nitrogens with one attached hydrogen (secondary N) is 1. The predicted octanol–water partition coefficient (Wildman–Crippen LogP) is 0.389. The number of nitro groups is 1. The molecular formula is C11H13N5O4S. The minimum atomic E-state index is -3.81. The summed E-state index contributed by atoms with van der Waals surface area (Å²) in [4.78, 5) is 9.85. The molecule has 1 heterocycles. The molecule has 0 fully saturated rings. The lowest BCUT2D eigenvalue weighted by atomic mass is 10.3. The van der Waals surface area contributed by atoms with Crippen molar-refractivity contribution >= 4 is 21.4 Å².